The first kappa shape index (κ1) is 6.17. The topological polar surface area (TPSA) is 38.3 Å². The fraction of sp³-hybridized carbons (Fsp3) is 0.250. The summed E-state index contributed by atoms with van der Waals surface area (Å²) in [5.74, 6) is 0. The fourth-order valence-electron chi connectivity index (χ4n) is 0.130. The van der Waals surface area contributed by atoms with Gasteiger partial charge in [-0.15, -0.1) is 6.58 Å². The van der Waals surface area contributed by atoms with Crippen LogP contribution in [0.1, 0.15) is 0 Å². The van der Waals surface area contributed by atoms with E-state index in [9.17, 15) is 4.79 Å². The quantitative estimate of drug-likeness (QED) is 0.229. The Morgan fingerprint density at radius 1 is 2.00 bits per heavy atom. The van der Waals surface area contributed by atoms with Crippen molar-refractivity contribution in [2.24, 2.45) is 0 Å². The smallest absolute Gasteiger partial charge is 0.269 e. The third-order valence-corrected chi connectivity index (χ3v) is 0.315. The molecule has 0 heterocycles. The summed E-state index contributed by atoms with van der Waals surface area (Å²) < 4.78 is 0. The van der Waals surface area contributed by atoms with E-state index in [2.05, 4.69) is 11.4 Å². The highest BCUT2D eigenvalue weighted by atomic mass is 16.6. The SMILES string of the molecule is C=CCON[C]=O. The van der Waals surface area contributed by atoms with Crippen LogP contribution in [0.5, 0.6) is 0 Å². The zero-order valence-corrected chi connectivity index (χ0v) is 3.81. The molecule has 0 fully saturated rings. The van der Waals surface area contributed by atoms with Crippen molar-refractivity contribution < 1.29 is 9.63 Å². The number of hydrogen-bond donors (Lipinski definition) is 1. The van der Waals surface area contributed by atoms with E-state index < -0.39 is 0 Å². The van der Waals surface area contributed by atoms with Gasteiger partial charge in [-0.2, -0.15) is 0 Å². The molecule has 0 spiro atoms. The van der Waals surface area contributed by atoms with Gasteiger partial charge in [0.15, 0.2) is 0 Å². The zero-order chi connectivity index (χ0) is 5.54. The van der Waals surface area contributed by atoms with Gasteiger partial charge in [0.2, 0.25) is 0 Å². The third-order valence-electron chi connectivity index (χ3n) is 0.315. The molecule has 0 saturated carbocycles. The lowest BCUT2D eigenvalue weighted by Gasteiger charge is -1.89. The maximum absolute atomic E-state index is 9.28. The van der Waals surface area contributed by atoms with E-state index >= 15 is 0 Å². The van der Waals surface area contributed by atoms with Crippen molar-refractivity contribution in [3.8, 4) is 0 Å². The number of rotatable bonds is 4. The molecule has 0 bridgehead atoms. The van der Waals surface area contributed by atoms with Gasteiger partial charge in [0.1, 0.15) is 0 Å². The van der Waals surface area contributed by atoms with E-state index in [0.717, 1.165) is 0 Å². The van der Waals surface area contributed by atoms with E-state index in [1.54, 1.807) is 0 Å². The molecule has 1 radical (unpaired) electrons. The highest BCUT2D eigenvalue weighted by Gasteiger charge is 1.72. The first-order valence-electron chi connectivity index (χ1n) is 1.76. The van der Waals surface area contributed by atoms with E-state index in [4.69, 9.17) is 0 Å². The molecule has 0 aliphatic carbocycles. The standard InChI is InChI=1S/C4H6NO2/c1-2-3-7-5-4-6/h2H,1,3H2,(H,5,6). The molecule has 0 saturated heterocycles. The van der Waals surface area contributed by atoms with Crippen LogP contribution in [0.2, 0.25) is 0 Å². The van der Waals surface area contributed by atoms with E-state index in [0.29, 0.717) is 6.61 Å². The number of nitrogens with one attached hydrogen (secondary N) is 1. The highest BCUT2D eigenvalue weighted by molar-refractivity contribution is 5.44. The summed E-state index contributed by atoms with van der Waals surface area (Å²) in [7, 11) is 0. The fourth-order valence-corrected chi connectivity index (χ4v) is 0.130. The minimum absolute atomic E-state index is 0.315. The summed E-state index contributed by atoms with van der Waals surface area (Å²) in [6, 6.07) is 0. The van der Waals surface area contributed by atoms with Crippen LogP contribution in [0, 0.1) is 0 Å². The maximum atomic E-state index is 9.28. The summed E-state index contributed by atoms with van der Waals surface area (Å²) in [5, 5.41) is 0. The van der Waals surface area contributed by atoms with Gasteiger partial charge >= 0.3 is 6.41 Å². The maximum Gasteiger partial charge on any atom is 0.335 e. The molecule has 1 N–H and O–H groups in total. The van der Waals surface area contributed by atoms with Gasteiger partial charge in [0, 0.05) is 0 Å². The number of hydrogen-bond acceptors (Lipinski definition) is 2. The molecule has 39 valence electrons. The molecule has 3 heteroatoms. The Morgan fingerprint density at radius 3 is 3.14 bits per heavy atom. The van der Waals surface area contributed by atoms with E-state index in [1.807, 2.05) is 5.48 Å². The molecule has 0 aliphatic heterocycles. The minimum Gasteiger partial charge on any atom is -0.269 e. The Kier molecular flexibility index (Phi) is 4.56. The normalized spacial score (nSPS) is 7.43. The van der Waals surface area contributed by atoms with Crippen LogP contribution < -0.4 is 5.48 Å². The zero-order valence-electron chi connectivity index (χ0n) is 3.81. The lowest BCUT2D eigenvalue weighted by molar-refractivity contribution is 0.108. The van der Waals surface area contributed by atoms with E-state index in [-0.39, 0.29) is 0 Å². The lowest BCUT2D eigenvalue weighted by atomic mass is 10.7. The Bertz CT molecular complexity index is 54.7. The Balaban J connectivity index is 2.68. The largest absolute Gasteiger partial charge is 0.335 e. The minimum atomic E-state index is 0.315. The van der Waals surface area contributed by atoms with Crippen molar-refractivity contribution in [2.45, 2.75) is 0 Å². The molecule has 1 amide bonds. The average Bonchev–Trinajstić information content (AvgIpc) is 1.69. The molecular weight excluding hydrogens is 94.0 g/mol. The molecule has 0 aromatic carbocycles. The van der Waals surface area contributed by atoms with Crippen molar-refractivity contribution in [3.63, 3.8) is 0 Å². The first-order chi connectivity index (χ1) is 3.41. The number of amides is 1. The van der Waals surface area contributed by atoms with Crippen LogP contribution in [-0.4, -0.2) is 13.0 Å². The van der Waals surface area contributed by atoms with Gasteiger partial charge in [0.05, 0.1) is 6.61 Å². The molecule has 0 aromatic rings. The predicted molar refractivity (Wildman–Crippen MR) is 25.0 cm³/mol. The number of carbonyl (C=O) groups excluding carboxylic acids is 1. The van der Waals surface area contributed by atoms with Gasteiger partial charge in [-0.1, -0.05) is 6.08 Å². The lowest BCUT2D eigenvalue weighted by Crippen LogP contribution is -2.10. The van der Waals surface area contributed by atoms with Crippen LogP contribution in [0.25, 0.3) is 0 Å². The summed E-state index contributed by atoms with van der Waals surface area (Å²) in [5.41, 5.74) is 1.87. The van der Waals surface area contributed by atoms with Crippen molar-refractivity contribution in [1.82, 2.24) is 5.48 Å². The highest BCUT2D eigenvalue weighted by Crippen LogP contribution is 1.61. The van der Waals surface area contributed by atoms with Crippen LogP contribution >= 0.6 is 0 Å². The molecule has 7 heavy (non-hydrogen) atoms. The average molecular weight is 100 g/mol. The molecular formula is C4H6NO2. The van der Waals surface area contributed by atoms with Crippen molar-refractivity contribution in [3.05, 3.63) is 12.7 Å². The molecule has 0 unspecified atom stereocenters. The molecule has 0 aromatic heterocycles. The summed E-state index contributed by atoms with van der Waals surface area (Å²) in [6.07, 6.45) is 2.85. The molecule has 3 nitrogen and oxygen atoms in total. The van der Waals surface area contributed by atoms with Gasteiger partial charge in [-0.05, 0) is 0 Å². The second kappa shape index (κ2) is 5.17. The van der Waals surface area contributed by atoms with Gasteiger partial charge in [-0.25, -0.2) is 5.48 Å². The first-order valence-corrected chi connectivity index (χ1v) is 1.76. The van der Waals surface area contributed by atoms with Gasteiger partial charge in [0.25, 0.3) is 0 Å². The Labute approximate surface area is 41.9 Å². The van der Waals surface area contributed by atoms with Crippen molar-refractivity contribution in [2.75, 3.05) is 6.61 Å². The van der Waals surface area contributed by atoms with Gasteiger partial charge in [-0.3, -0.25) is 9.63 Å². The number of hydroxylamine groups is 1. The van der Waals surface area contributed by atoms with Crippen LogP contribution in [0.3, 0.4) is 0 Å². The van der Waals surface area contributed by atoms with Crippen molar-refractivity contribution in [1.29, 1.82) is 0 Å². The van der Waals surface area contributed by atoms with Gasteiger partial charge < -0.3 is 0 Å². The van der Waals surface area contributed by atoms with E-state index in [1.165, 1.54) is 12.5 Å². The predicted octanol–water partition coefficient (Wildman–Crippen LogP) is -0.239. The van der Waals surface area contributed by atoms with Crippen LogP contribution in [0.15, 0.2) is 12.7 Å². The molecule has 0 aliphatic rings. The third kappa shape index (κ3) is 5.17. The van der Waals surface area contributed by atoms with Crippen molar-refractivity contribution >= 4 is 6.41 Å². The Morgan fingerprint density at radius 2 is 2.71 bits per heavy atom. The summed E-state index contributed by atoms with van der Waals surface area (Å²) in [4.78, 5) is 13.6. The Hall–Kier alpha value is -0.830. The van der Waals surface area contributed by atoms with Crippen LogP contribution in [-0.2, 0) is 9.63 Å². The summed E-state index contributed by atoms with van der Waals surface area (Å²) >= 11 is 0. The monoisotopic (exact) mass is 100 g/mol. The second-order valence-electron chi connectivity index (χ2n) is 0.804. The molecule has 0 atom stereocenters. The molecule has 0 rings (SSSR count). The summed E-state index contributed by atoms with van der Waals surface area (Å²) in [6.45, 7) is 3.65. The second-order valence-corrected chi connectivity index (χ2v) is 0.804. The van der Waals surface area contributed by atoms with Crippen LogP contribution in [0.4, 0.5) is 0 Å².